The Morgan fingerprint density at radius 2 is 2.20 bits per heavy atom. The molecule has 25 heavy (non-hydrogen) atoms. The van der Waals surface area contributed by atoms with E-state index in [-0.39, 0.29) is 28.7 Å². The zero-order valence-electron chi connectivity index (χ0n) is 15.0. The van der Waals surface area contributed by atoms with E-state index in [0.29, 0.717) is 44.8 Å². The molecule has 2 aliphatic heterocycles. The molecule has 0 radical (unpaired) electrons. The fraction of sp³-hybridized carbons (Fsp3) is 0.750. The van der Waals surface area contributed by atoms with Gasteiger partial charge in [-0.05, 0) is 19.8 Å². The number of nitrogens with zero attached hydrogens (tertiary/aromatic N) is 3. The molecule has 9 heteroatoms. The van der Waals surface area contributed by atoms with Crippen molar-refractivity contribution in [1.82, 2.24) is 19.4 Å². The van der Waals surface area contributed by atoms with Crippen molar-refractivity contribution in [2.75, 3.05) is 32.8 Å². The Kier molecular flexibility index (Phi) is 4.91. The molecule has 0 aromatic carbocycles. The molecule has 2 aliphatic rings. The van der Waals surface area contributed by atoms with E-state index in [4.69, 9.17) is 4.74 Å². The molecule has 2 fully saturated rings. The number of hydrogen-bond acceptors (Lipinski definition) is 5. The van der Waals surface area contributed by atoms with Gasteiger partial charge in [0.1, 0.15) is 4.90 Å². The average Bonchev–Trinajstić information content (AvgIpc) is 2.90. The highest BCUT2D eigenvalue weighted by molar-refractivity contribution is 7.89. The van der Waals surface area contributed by atoms with Gasteiger partial charge in [0.25, 0.3) is 0 Å². The van der Waals surface area contributed by atoms with Crippen LogP contribution in [-0.2, 0) is 26.6 Å². The summed E-state index contributed by atoms with van der Waals surface area (Å²) in [6.07, 6.45) is 2.90. The van der Waals surface area contributed by atoms with Gasteiger partial charge in [0.15, 0.2) is 0 Å². The van der Waals surface area contributed by atoms with Gasteiger partial charge in [-0.3, -0.25) is 9.48 Å². The van der Waals surface area contributed by atoms with Crippen LogP contribution in [-0.4, -0.2) is 61.3 Å². The van der Waals surface area contributed by atoms with Crippen LogP contribution in [0.5, 0.6) is 0 Å². The maximum atomic E-state index is 12.9. The molecule has 0 aliphatic carbocycles. The molecule has 3 rings (SSSR count). The lowest BCUT2D eigenvalue weighted by molar-refractivity contribution is -0.131. The molecule has 0 bridgehead atoms. The minimum atomic E-state index is -3.63. The summed E-state index contributed by atoms with van der Waals surface area (Å²) in [5, 5.41) is 7.08. The van der Waals surface area contributed by atoms with E-state index in [1.807, 2.05) is 0 Å². The highest BCUT2D eigenvalue weighted by atomic mass is 32.2. The van der Waals surface area contributed by atoms with E-state index in [1.54, 1.807) is 14.0 Å². The summed E-state index contributed by atoms with van der Waals surface area (Å²) >= 11 is 0. The molecule has 1 atom stereocenters. The van der Waals surface area contributed by atoms with Crippen LogP contribution in [0.4, 0.5) is 0 Å². The molecule has 1 amide bonds. The second-order valence-electron chi connectivity index (χ2n) is 7.48. The molecule has 0 unspecified atom stereocenters. The number of rotatable bonds is 5. The molecule has 140 valence electrons. The molecule has 1 aromatic heterocycles. The van der Waals surface area contributed by atoms with E-state index in [1.165, 1.54) is 15.2 Å². The summed E-state index contributed by atoms with van der Waals surface area (Å²) in [7, 11) is -1.93. The Labute approximate surface area is 148 Å². The first-order chi connectivity index (χ1) is 11.7. The van der Waals surface area contributed by atoms with Crippen molar-refractivity contribution in [2.45, 2.75) is 31.6 Å². The second-order valence-corrected chi connectivity index (χ2v) is 9.38. The Hall–Kier alpha value is -1.45. The Balaban J connectivity index is 1.66. The van der Waals surface area contributed by atoms with E-state index < -0.39 is 10.0 Å². The van der Waals surface area contributed by atoms with Crippen molar-refractivity contribution in [1.29, 1.82) is 0 Å². The first-order valence-electron chi connectivity index (χ1n) is 8.57. The monoisotopic (exact) mass is 370 g/mol. The van der Waals surface area contributed by atoms with Gasteiger partial charge in [-0.25, -0.2) is 8.42 Å². The molecular weight excluding hydrogens is 344 g/mol. The lowest BCUT2D eigenvalue weighted by atomic mass is 9.88. The van der Waals surface area contributed by atoms with Crippen LogP contribution >= 0.6 is 0 Å². The fourth-order valence-corrected chi connectivity index (χ4v) is 5.07. The minimum Gasteiger partial charge on any atom is -0.380 e. The fourth-order valence-electron chi connectivity index (χ4n) is 3.34. The predicted molar refractivity (Wildman–Crippen MR) is 91.4 cm³/mol. The number of aromatic nitrogens is 2. The number of carbonyl (C=O) groups excluding carboxylic acids is 1. The third-order valence-electron chi connectivity index (χ3n) is 4.93. The number of amides is 1. The van der Waals surface area contributed by atoms with Crippen molar-refractivity contribution in [3.8, 4) is 0 Å². The second kappa shape index (κ2) is 6.69. The molecule has 8 nitrogen and oxygen atoms in total. The maximum absolute atomic E-state index is 12.9. The summed E-state index contributed by atoms with van der Waals surface area (Å²) in [5.41, 5.74) is 0.482. The van der Waals surface area contributed by atoms with Crippen molar-refractivity contribution < 1.29 is 17.9 Å². The van der Waals surface area contributed by atoms with Crippen molar-refractivity contribution in [3.05, 3.63) is 11.9 Å². The van der Waals surface area contributed by atoms with Crippen LogP contribution in [0.2, 0.25) is 0 Å². The number of carbonyl (C=O) groups is 1. The molecule has 1 N–H and O–H groups in total. The molecule has 2 saturated heterocycles. The lowest BCUT2D eigenvalue weighted by Gasteiger charge is -2.38. The standard InChI is InChI=1S/C16H26N4O4S/c1-12-14(8-19(3)18-12)25(22,23)20-6-4-5-13(7-20)15(21)17-9-16(2)10-24-11-16/h8,13H,4-7,9-11H2,1-3H3,(H,17,21)/t13-/m1/s1. The van der Waals surface area contributed by atoms with E-state index in [2.05, 4.69) is 17.3 Å². The number of aryl methyl sites for hydroxylation is 2. The third-order valence-corrected chi connectivity index (χ3v) is 6.90. The number of piperidine rings is 1. The highest BCUT2D eigenvalue weighted by Crippen LogP contribution is 2.27. The SMILES string of the molecule is Cc1nn(C)cc1S(=O)(=O)N1CCC[C@@H](C(=O)NCC2(C)COC2)C1. The van der Waals surface area contributed by atoms with Gasteiger partial charge >= 0.3 is 0 Å². The van der Waals surface area contributed by atoms with Crippen LogP contribution in [0.3, 0.4) is 0 Å². The lowest BCUT2D eigenvalue weighted by Crippen LogP contribution is -2.51. The first-order valence-corrected chi connectivity index (χ1v) is 10.0. The Morgan fingerprint density at radius 3 is 2.76 bits per heavy atom. The molecular formula is C16H26N4O4S. The number of hydrogen-bond donors (Lipinski definition) is 1. The van der Waals surface area contributed by atoms with Crippen LogP contribution in [0.25, 0.3) is 0 Å². The van der Waals surface area contributed by atoms with Crippen LogP contribution in [0, 0.1) is 18.3 Å². The van der Waals surface area contributed by atoms with Crippen LogP contribution in [0.15, 0.2) is 11.1 Å². The quantitative estimate of drug-likeness (QED) is 0.804. The average molecular weight is 370 g/mol. The molecule has 0 spiro atoms. The Bertz CT molecular complexity index is 754. The molecule has 0 saturated carbocycles. The van der Waals surface area contributed by atoms with Crippen molar-refractivity contribution >= 4 is 15.9 Å². The zero-order chi connectivity index (χ0) is 18.2. The van der Waals surface area contributed by atoms with Crippen molar-refractivity contribution in [3.63, 3.8) is 0 Å². The van der Waals surface area contributed by atoms with Gasteiger partial charge in [-0.1, -0.05) is 6.92 Å². The summed E-state index contributed by atoms with van der Waals surface area (Å²) in [6, 6.07) is 0. The predicted octanol–water partition coefficient (Wildman–Crippen LogP) is 0.282. The van der Waals surface area contributed by atoms with Crippen LogP contribution < -0.4 is 5.32 Å². The summed E-state index contributed by atoms with van der Waals surface area (Å²) in [6.45, 7) is 6.28. The van der Waals surface area contributed by atoms with E-state index in [9.17, 15) is 13.2 Å². The zero-order valence-corrected chi connectivity index (χ0v) is 15.8. The summed E-state index contributed by atoms with van der Waals surface area (Å²) < 4.78 is 33.9. The topological polar surface area (TPSA) is 93.5 Å². The first kappa shape index (κ1) is 18.3. The van der Waals surface area contributed by atoms with Crippen LogP contribution in [0.1, 0.15) is 25.5 Å². The van der Waals surface area contributed by atoms with Gasteiger partial charge in [-0.2, -0.15) is 9.40 Å². The number of nitrogens with one attached hydrogen (secondary N) is 1. The Morgan fingerprint density at radius 1 is 1.48 bits per heavy atom. The van der Waals surface area contributed by atoms with E-state index in [0.717, 1.165) is 0 Å². The maximum Gasteiger partial charge on any atom is 0.246 e. The minimum absolute atomic E-state index is 0.00289. The smallest absolute Gasteiger partial charge is 0.246 e. The van der Waals surface area contributed by atoms with Gasteiger partial charge in [0, 0.05) is 38.3 Å². The summed E-state index contributed by atoms with van der Waals surface area (Å²) in [5.74, 6) is -0.388. The van der Waals surface area contributed by atoms with Gasteiger partial charge < -0.3 is 10.1 Å². The number of sulfonamides is 1. The summed E-state index contributed by atoms with van der Waals surface area (Å²) in [4.78, 5) is 12.7. The molecule has 1 aromatic rings. The third kappa shape index (κ3) is 3.73. The largest absolute Gasteiger partial charge is 0.380 e. The van der Waals surface area contributed by atoms with Gasteiger partial charge in [-0.15, -0.1) is 0 Å². The van der Waals surface area contributed by atoms with Crippen molar-refractivity contribution in [2.24, 2.45) is 18.4 Å². The normalized spacial score (nSPS) is 23.9. The highest BCUT2D eigenvalue weighted by Gasteiger charge is 2.37. The molecule has 3 heterocycles. The van der Waals surface area contributed by atoms with Gasteiger partial charge in [0.2, 0.25) is 15.9 Å². The number of ether oxygens (including phenoxy) is 1. The van der Waals surface area contributed by atoms with E-state index >= 15 is 0 Å². The van der Waals surface area contributed by atoms with Gasteiger partial charge in [0.05, 0.1) is 24.8 Å².